The minimum absolute atomic E-state index is 0.544. The van der Waals surface area contributed by atoms with Gasteiger partial charge in [-0.25, -0.2) is 0 Å². The maximum atomic E-state index is 5.73. The van der Waals surface area contributed by atoms with Gasteiger partial charge in [-0.2, -0.15) is 0 Å². The Morgan fingerprint density at radius 3 is 2.20 bits per heavy atom. The molecule has 0 radical (unpaired) electrons. The van der Waals surface area contributed by atoms with Crippen molar-refractivity contribution in [3.63, 3.8) is 0 Å². The first-order chi connectivity index (χ1) is 9.63. The van der Waals surface area contributed by atoms with E-state index in [0.29, 0.717) is 12.5 Å². The molecule has 0 spiro atoms. The molecule has 0 amide bonds. The van der Waals surface area contributed by atoms with E-state index in [-0.39, 0.29) is 0 Å². The standard InChI is InChI=1S/C18H23NO/c1-13(2)10-14-4-7-16(8-5-14)17-11-15(12-19)6-9-18(17)20-3/h4-9,11,13H,10,12,19H2,1-3H3. The zero-order valence-electron chi connectivity index (χ0n) is 12.5. The van der Waals surface area contributed by atoms with Crippen molar-refractivity contribution < 1.29 is 4.74 Å². The highest BCUT2D eigenvalue weighted by Crippen LogP contribution is 2.31. The Morgan fingerprint density at radius 1 is 1.00 bits per heavy atom. The minimum atomic E-state index is 0.544. The first-order valence-electron chi connectivity index (χ1n) is 7.10. The Bertz CT molecular complexity index is 558. The van der Waals surface area contributed by atoms with Crippen LogP contribution in [0.5, 0.6) is 5.75 Å². The predicted molar refractivity (Wildman–Crippen MR) is 84.9 cm³/mol. The van der Waals surface area contributed by atoms with Gasteiger partial charge in [0.15, 0.2) is 0 Å². The Labute approximate surface area is 121 Å². The lowest BCUT2D eigenvalue weighted by atomic mass is 9.97. The van der Waals surface area contributed by atoms with Gasteiger partial charge >= 0.3 is 0 Å². The molecule has 2 heteroatoms. The number of rotatable bonds is 5. The largest absolute Gasteiger partial charge is 0.496 e. The molecule has 0 aliphatic rings. The summed E-state index contributed by atoms with van der Waals surface area (Å²) in [6.07, 6.45) is 1.11. The van der Waals surface area contributed by atoms with E-state index < -0.39 is 0 Å². The summed E-state index contributed by atoms with van der Waals surface area (Å²) in [4.78, 5) is 0. The zero-order chi connectivity index (χ0) is 14.5. The Hall–Kier alpha value is -1.80. The van der Waals surface area contributed by atoms with Crippen LogP contribution in [0.4, 0.5) is 0 Å². The van der Waals surface area contributed by atoms with Crippen LogP contribution < -0.4 is 10.5 Å². The smallest absolute Gasteiger partial charge is 0.126 e. The monoisotopic (exact) mass is 269 g/mol. The number of hydrogen-bond donors (Lipinski definition) is 1. The normalized spacial score (nSPS) is 10.8. The van der Waals surface area contributed by atoms with Gasteiger partial charge < -0.3 is 10.5 Å². The summed E-state index contributed by atoms with van der Waals surface area (Å²) in [6, 6.07) is 14.8. The summed E-state index contributed by atoms with van der Waals surface area (Å²) in [5.41, 5.74) is 10.5. The lowest BCUT2D eigenvalue weighted by Crippen LogP contribution is -1.98. The van der Waals surface area contributed by atoms with Crippen molar-refractivity contribution in [2.45, 2.75) is 26.8 Å². The van der Waals surface area contributed by atoms with Crippen LogP contribution in [-0.2, 0) is 13.0 Å². The molecule has 0 aliphatic carbocycles. The third kappa shape index (κ3) is 3.40. The molecule has 20 heavy (non-hydrogen) atoms. The highest BCUT2D eigenvalue weighted by molar-refractivity contribution is 5.71. The summed E-state index contributed by atoms with van der Waals surface area (Å²) in [7, 11) is 1.70. The van der Waals surface area contributed by atoms with Crippen LogP contribution in [0.1, 0.15) is 25.0 Å². The fourth-order valence-corrected chi connectivity index (χ4v) is 2.40. The Kier molecular flexibility index (Phi) is 4.80. The fourth-order valence-electron chi connectivity index (χ4n) is 2.40. The van der Waals surface area contributed by atoms with E-state index in [1.165, 1.54) is 11.1 Å². The molecule has 106 valence electrons. The van der Waals surface area contributed by atoms with Gasteiger partial charge in [0.2, 0.25) is 0 Å². The third-order valence-corrected chi connectivity index (χ3v) is 3.41. The predicted octanol–water partition coefficient (Wildman–Crippen LogP) is 4.02. The van der Waals surface area contributed by atoms with Gasteiger partial charge in [0.1, 0.15) is 5.75 Å². The number of methoxy groups -OCH3 is 1. The molecular formula is C18H23NO. The molecule has 0 saturated heterocycles. The van der Waals surface area contributed by atoms with Crippen LogP contribution in [0.3, 0.4) is 0 Å². The molecule has 0 fully saturated rings. The van der Waals surface area contributed by atoms with Crippen LogP contribution in [0.2, 0.25) is 0 Å². The number of ether oxygens (including phenoxy) is 1. The third-order valence-electron chi connectivity index (χ3n) is 3.41. The summed E-state index contributed by atoms with van der Waals surface area (Å²) in [6.45, 7) is 5.02. The molecule has 2 N–H and O–H groups in total. The van der Waals surface area contributed by atoms with Crippen molar-refractivity contribution in [1.82, 2.24) is 0 Å². The van der Waals surface area contributed by atoms with Crippen LogP contribution in [0.25, 0.3) is 11.1 Å². The molecule has 0 bridgehead atoms. The van der Waals surface area contributed by atoms with Gasteiger partial charge in [-0.15, -0.1) is 0 Å². The molecule has 0 heterocycles. The average molecular weight is 269 g/mol. The van der Waals surface area contributed by atoms with E-state index in [0.717, 1.165) is 23.3 Å². The molecule has 0 aliphatic heterocycles. The van der Waals surface area contributed by atoms with Crippen LogP contribution >= 0.6 is 0 Å². The van der Waals surface area contributed by atoms with Gasteiger partial charge in [0.05, 0.1) is 7.11 Å². The summed E-state index contributed by atoms with van der Waals surface area (Å²) in [5.74, 6) is 1.56. The van der Waals surface area contributed by atoms with E-state index in [9.17, 15) is 0 Å². The molecule has 2 rings (SSSR count). The van der Waals surface area contributed by atoms with E-state index in [2.05, 4.69) is 44.2 Å². The van der Waals surface area contributed by atoms with E-state index in [1.54, 1.807) is 7.11 Å². The maximum absolute atomic E-state index is 5.73. The van der Waals surface area contributed by atoms with Crippen molar-refractivity contribution in [2.24, 2.45) is 11.7 Å². The average Bonchev–Trinajstić information content (AvgIpc) is 2.46. The second-order valence-electron chi connectivity index (χ2n) is 5.53. The van der Waals surface area contributed by atoms with Crippen LogP contribution in [0.15, 0.2) is 42.5 Å². The van der Waals surface area contributed by atoms with Crippen molar-refractivity contribution >= 4 is 0 Å². The minimum Gasteiger partial charge on any atom is -0.496 e. The lowest BCUT2D eigenvalue weighted by Gasteiger charge is -2.11. The second-order valence-corrected chi connectivity index (χ2v) is 5.53. The quantitative estimate of drug-likeness (QED) is 0.889. The summed E-state index contributed by atoms with van der Waals surface area (Å²) < 4.78 is 5.45. The molecule has 0 atom stereocenters. The summed E-state index contributed by atoms with van der Waals surface area (Å²) >= 11 is 0. The summed E-state index contributed by atoms with van der Waals surface area (Å²) in [5, 5.41) is 0. The number of hydrogen-bond acceptors (Lipinski definition) is 2. The highest BCUT2D eigenvalue weighted by atomic mass is 16.5. The zero-order valence-corrected chi connectivity index (χ0v) is 12.5. The highest BCUT2D eigenvalue weighted by Gasteiger charge is 2.07. The van der Waals surface area contributed by atoms with Gasteiger partial charge in [-0.05, 0) is 41.2 Å². The van der Waals surface area contributed by atoms with Gasteiger partial charge in [-0.1, -0.05) is 44.2 Å². The Balaban J connectivity index is 2.35. The van der Waals surface area contributed by atoms with Crippen molar-refractivity contribution in [2.75, 3.05) is 7.11 Å². The SMILES string of the molecule is COc1ccc(CN)cc1-c1ccc(CC(C)C)cc1. The number of benzene rings is 2. The van der Waals surface area contributed by atoms with Crippen LogP contribution in [-0.4, -0.2) is 7.11 Å². The van der Waals surface area contributed by atoms with Gasteiger partial charge in [-0.3, -0.25) is 0 Å². The molecule has 0 saturated carbocycles. The maximum Gasteiger partial charge on any atom is 0.126 e. The van der Waals surface area contributed by atoms with Crippen molar-refractivity contribution in [3.05, 3.63) is 53.6 Å². The fraction of sp³-hybridized carbons (Fsp3) is 0.333. The lowest BCUT2D eigenvalue weighted by molar-refractivity contribution is 0.416. The van der Waals surface area contributed by atoms with E-state index in [4.69, 9.17) is 10.5 Å². The molecule has 0 aromatic heterocycles. The Morgan fingerprint density at radius 2 is 1.65 bits per heavy atom. The molecule has 2 aromatic carbocycles. The van der Waals surface area contributed by atoms with E-state index >= 15 is 0 Å². The number of nitrogens with two attached hydrogens (primary N) is 1. The molecule has 2 aromatic rings. The van der Waals surface area contributed by atoms with Gasteiger partial charge in [0, 0.05) is 12.1 Å². The van der Waals surface area contributed by atoms with Crippen LogP contribution in [0, 0.1) is 5.92 Å². The van der Waals surface area contributed by atoms with Crippen molar-refractivity contribution in [3.8, 4) is 16.9 Å². The van der Waals surface area contributed by atoms with Gasteiger partial charge in [0.25, 0.3) is 0 Å². The second kappa shape index (κ2) is 6.58. The molecule has 2 nitrogen and oxygen atoms in total. The molecule has 0 unspecified atom stereocenters. The van der Waals surface area contributed by atoms with E-state index in [1.807, 2.05) is 12.1 Å². The first kappa shape index (κ1) is 14.6. The first-order valence-corrected chi connectivity index (χ1v) is 7.10. The molecular weight excluding hydrogens is 246 g/mol. The van der Waals surface area contributed by atoms with Crippen molar-refractivity contribution in [1.29, 1.82) is 0 Å². The topological polar surface area (TPSA) is 35.2 Å².